The number of carbonyl (C=O) groups excluding carboxylic acids is 1. The number of rotatable bonds is 6. The van der Waals surface area contributed by atoms with E-state index in [0.717, 1.165) is 0 Å². The maximum Gasteiger partial charge on any atom is 0.241 e. The number of aryl methyl sites for hydroxylation is 1. The molecular weight excluding hydrogens is 296 g/mol. The molecule has 1 aromatic rings. The molecule has 0 aromatic heterocycles. The smallest absolute Gasteiger partial charge is 0.241 e. The van der Waals surface area contributed by atoms with E-state index >= 15 is 0 Å². The predicted molar refractivity (Wildman–Crippen MR) is 78.4 cm³/mol. The molecule has 0 bridgehead atoms. The quantitative estimate of drug-likeness (QED) is 0.588. The van der Waals surface area contributed by atoms with Gasteiger partial charge in [0.25, 0.3) is 0 Å². The molecule has 0 aliphatic carbocycles. The molecule has 118 valence electrons. The summed E-state index contributed by atoms with van der Waals surface area (Å²) in [6, 6.07) is 4.48. The number of anilines is 1. The van der Waals surface area contributed by atoms with Gasteiger partial charge in [0.15, 0.2) is 0 Å². The van der Waals surface area contributed by atoms with Crippen LogP contribution in [0.25, 0.3) is 0 Å². The minimum atomic E-state index is -3.95. The number of aliphatic hydroxyl groups is 2. The summed E-state index contributed by atoms with van der Waals surface area (Å²) in [4.78, 5) is 11.0. The monoisotopic (exact) mass is 316 g/mol. The molecule has 0 saturated carbocycles. The average Bonchev–Trinajstić information content (AvgIpc) is 2.39. The van der Waals surface area contributed by atoms with Crippen molar-refractivity contribution in [1.29, 1.82) is 0 Å². The van der Waals surface area contributed by atoms with Crippen molar-refractivity contribution in [2.45, 2.75) is 31.2 Å². The van der Waals surface area contributed by atoms with Gasteiger partial charge in [0.05, 0.1) is 23.6 Å². The lowest BCUT2D eigenvalue weighted by Gasteiger charge is -2.26. The van der Waals surface area contributed by atoms with Gasteiger partial charge in [0.2, 0.25) is 15.9 Å². The van der Waals surface area contributed by atoms with Crippen LogP contribution in [0.3, 0.4) is 0 Å². The van der Waals surface area contributed by atoms with Crippen molar-refractivity contribution in [2.24, 2.45) is 0 Å². The van der Waals surface area contributed by atoms with Crippen molar-refractivity contribution in [2.75, 3.05) is 18.5 Å². The Morgan fingerprint density at radius 2 is 1.86 bits per heavy atom. The van der Waals surface area contributed by atoms with E-state index in [1.807, 2.05) is 0 Å². The highest BCUT2D eigenvalue weighted by atomic mass is 32.2. The van der Waals surface area contributed by atoms with Crippen LogP contribution in [0.2, 0.25) is 0 Å². The number of nitrogens with one attached hydrogen (secondary N) is 2. The van der Waals surface area contributed by atoms with Gasteiger partial charge in [0, 0.05) is 12.6 Å². The molecule has 4 N–H and O–H groups in total. The molecule has 0 radical (unpaired) electrons. The zero-order chi connectivity index (χ0) is 16.3. The highest BCUT2D eigenvalue weighted by molar-refractivity contribution is 7.89. The van der Waals surface area contributed by atoms with Crippen LogP contribution in [0, 0.1) is 6.92 Å². The first-order valence-corrected chi connectivity index (χ1v) is 7.76. The molecule has 0 heterocycles. The standard InChI is InChI=1S/C13H20N2O5S/c1-9-4-5-11(14-10(2)18)6-12(9)21(19,20)15-13(3,7-16)8-17/h4-6,15-17H,7-8H2,1-3H3,(H,14,18). The summed E-state index contributed by atoms with van der Waals surface area (Å²) in [6.07, 6.45) is 0. The van der Waals surface area contributed by atoms with Gasteiger partial charge in [-0.25, -0.2) is 13.1 Å². The summed E-state index contributed by atoms with van der Waals surface area (Å²) in [5.74, 6) is -0.314. The third-order valence-corrected chi connectivity index (χ3v) is 4.66. The molecule has 0 unspecified atom stereocenters. The fourth-order valence-corrected chi connectivity index (χ4v) is 3.33. The van der Waals surface area contributed by atoms with E-state index in [2.05, 4.69) is 10.0 Å². The largest absolute Gasteiger partial charge is 0.394 e. The third-order valence-electron chi connectivity index (χ3n) is 2.88. The van der Waals surface area contributed by atoms with Crippen LogP contribution < -0.4 is 10.0 Å². The second kappa shape index (κ2) is 6.52. The minimum absolute atomic E-state index is 0.0260. The zero-order valence-electron chi connectivity index (χ0n) is 12.2. The molecule has 0 aliphatic rings. The Morgan fingerprint density at radius 1 is 1.29 bits per heavy atom. The Kier molecular flexibility index (Phi) is 5.46. The Balaban J connectivity index is 3.21. The number of hydrogen-bond donors (Lipinski definition) is 4. The maximum atomic E-state index is 12.4. The topological polar surface area (TPSA) is 116 Å². The van der Waals surface area contributed by atoms with Crippen molar-refractivity contribution in [3.63, 3.8) is 0 Å². The van der Waals surface area contributed by atoms with E-state index in [1.54, 1.807) is 19.1 Å². The van der Waals surface area contributed by atoms with Crippen LogP contribution in [0.4, 0.5) is 5.69 Å². The van der Waals surface area contributed by atoms with Gasteiger partial charge < -0.3 is 15.5 Å². The molecule has 1 aromatic carbocycles. The van der Waals surface area contributed by atoms with E-state index < -0.39 is 28.8 Å². The second-order valence-corrected chi connectivity index (χ2v) is 6.79. The first-order valence-electron chi connectivity index (χ1n) is 6.27. The Bertz CT molecular complexity index is 623. The van der Waals surface area contributed by atoms with E-state index in [1.165, 1.54) is 19.9 Å². The molecule has 0 spiro atoms. The highest BCUT2D eigenvalue weighted by Gasteiger charge is 2.30. The van der Waals surface area contributed by atoms with E-state index in [0.29, 0.717) is 11.3 Å². The van der Waals surface area contributed by atoms with Crippen LogP contribution in [-0.4, -0.2) is 43.3 Å². The summed E-state index contributed by atoms with van der Waals surface area (Å²) in [5, 5.41) is 20.9. The molecule has 0 aliphatic heterocycles. The van der Waals surface area contributed by atoms with Crippen LogP contribution in [0.5, 0.6) is 0 Å². The number of benzene rings is 1. The number of hydrogen-bond acceptors (Lipinski definition) is 5. The average molecular weight is 316 g/mol. The van der Waals surface area contributed by atoms with E-state index in [-0.39, 0.29) is 10.8 Å². The summed E-state index contributed by atoms with van der Waals surface area (Å²) < 4.78 is 27.0. The Morgan fingerprint density at radius 3 is 2.33 bits per heavy atom. The van der Waals surface area contributed by atoms with Gasteiger partial charge in [-0.3, -0.25) is 4.79 Å². The number of sulfonamides is 1. The first-order chi connectivity index (χ1) is 9.63. The molecule has 21 heavy (non-hydrogen) atoms. The molecule has 1 rings (SSSR count). The molecule has 0 saturated heterocycles. The fourth-order valence-electron chi connectivity index (χ4n) is 1.66. The Hall–Kier alpha value is -1.48. The predicted octanol–water partition coefficient (Wildman–Crippen LogP) is -0.0250. The van der Waals surface area contributed by atoms with Crippen LogP contribution in [0.15, 0.2) is 23.1 Å². The summed E-state index contributed by atoms with van der Waals surface area (Å²) in [7, 11) is -3.95. The van der Waals surface area contributed by atoms with Gasteiger partial charge in [0.1, 0.15) is 0 Å². The number of amides is 1. The lowest BCUT2D eigenvalue weighted by molar-refractivity contribution is -0.114. The summed E-state index contributed by atoms with van der Waals surface area (Å²) >= 11 is 0. The molecule has 7 nitrogen and oxygen atoms in total. The third kappa shape index (κ3) is 4.50. The fraction of sp³-hybridized carbons (Fsp3) is 0.462. The van der Waals surface area contributed by atoms with Crippen LogP contribution in [0.1, 0.15) is 19.4 Å². The zero-order valence-corrected chi connectivity index (χ0v) is 13.0. The molecule has 8 heteroatoms. The van der Waals surface area contributed by atoms with Gasteiger partial charge in [-0.05, 0) is 31.5 Å². The molecular formula is C13H20N2O5S. The molecule has 0 atom stereocenters. The SMILES string of the molecule is CC(=O)Nc1ccc(C)c(S(=O)(=O)NC(C)(CO)CO)c1. The first kappa shape index (κ1) is 17.6. The normalized spacial score (nSPS) is 12.2. The van der Waals surface area contributed by atoms with Crippen molar-refractivity contribution < 1.29 is 23.4 Å². The van der Waals surface area contributed by atoms with E-state index in [4.69, 9.17) is 0 Å². The van der Waals surface area contributed by atoms with Crippen LogP contribution >= 0.6 is 0 Å². The van der Waals surface area contributed by atoms with Crippen molar-refractivity contribution in [3.8, 4) is 0 Å². The molecule has 1 amide bonds. The van der Waals surface area contributed by atoms with Crippen molar-refractivity contribution in [1.82, 2.24) is 4.72 Å². The Labute approximate surface area is 124 Å². The van der Waals surface area contributed by atoms with Crippen molar-refractivity contribution in [3.05, 3.63) is 23.8 Å². The highest BCUT2D eigenvalue weighted by Crippen LogP contribution is 2.21. The van der Waals surface area contributed by atoms with Crippen LogP contribution in [-0.2, 0) is 14.8 Å². The minimum Gasteiger partial charge on any atom is -0.394 e. The number of aliphatic hydroxyl groups excluding tert-OH is 2. The van der Waals surface area contributed by atoms with Gasteiger partial charge >= 0.3 is 0 Å². The maximum absolute atomic E-state index is 12.4. The van der Waals surface area contributed by atoms with Crippen molar-refractivity contribution >= 4 is 21.6 Å². The number of carbonyl (C=O) groups is 1. The van der Waals surface area contributed by atoms with Gasteiger partial charge in [-0.2, -0.15) is 0 Å². The lowest BCUT2D eigenvalue weighted by atomic mass is 10.1. The van der Waals surface area contributed by atoms with Gasteiger partial charge in [-0.15, -0.1) is 0 Å². The summed E-state index contributed by atoms with van der Waals surface area (Å²) in [5.41, 5.74) is -0.534. The van der Waals surface area contributed by atoms with Gasteiger partial charge in [-0.1, -0.05) is 6.07 Å². The summed E-state index contributed by atoms with van der Waals surface area (Å²) in [6.45, 7) is 3.22. The second-order valence-electron chi connectivity index (χ2n) is 5.14. The van der Waals surface area contributed by atoms with E-state index in [9.17, 15) is 23.4 Å². The lowest BCUT2D eigenvalue weighted by Crippen LogP contribution is -2.51. The molecule has 0 fully saturated rings.